The van der Waals surface area contributed by atoms with E-state index in [0.717, 1.165) is 6.29 Å². The van der Waals surface area contributed by atoms with Gasteiger partial charge in [0.25, 0.3) is 0 Å². The van der Waals surface area contributed by atoms with E-state index >= 15 is 0 Å². The molecule has 1 aliphatic heterocycles. The van der Waals surface area contributed by atoms with Crippen LogP contribution in [0.15, 0.2) is 11.5 Å². The Morgan fingerprint density at radius 3 is 3.30 bits per heavy atom. The fraction of sp³-hybridized carbons (Fsp3) is 0.500. The van der Waals surface area contributed by atoms with Crippen LogP contribution in [0.4, 0.5) is 0 Å². The van der Waals surface area contributed by atoms with Crippen molar-refractivity contribution in [1.29, 1.82) is 0 Å². The average Bonchev–Trinajstić information content (AvgIpc) is 2.36. The summed E-state index contributed by atoms with van der Waals surface area (Å²) in [5.41, 5.74) is 0. The molecule has 0 aromatic heterocycles. The van der Waals surface area contributed by atoms with E-state index in [2.05, 4.69) is 0 Å². The lowest BCUT2D eigenvalue weighted by molar-refractivity contribution is -0.124. The number of aldehydes is 1. The Kier molecular flexibility index (Phi) is 2.92. The minimum absolute atomic E-state index is 0.204. The van der Waals surface area contributed by atoms with Crippen molar-refractivity contribution in [3.63, 3.8) is 0 Å². The van der Waals surface area contributed by atoms with E-state index in [-0.39, 0.29) is 6.04 Å². The van der Waals surface area contributed by atoms with Gasteiger partial charge in [-0.1, -0.05) is 0 Å². The van der Waals surface area contributed by atoms with E-state index in [1.807, 2.05) is 12.3 Å². The van der Waals surface area contributed by atoms with Gasteiger partial charge in [-0.3, -0.25) is 4.84 Å². The summed E-state index contributed by atoms with van der Waals surface area (Å²) in [6, 6.07) is -0.204. The van der Waals surface area contributed by atoms with Gasteiger partial charge in [0.1, 0.15) is 12.3 Å². The molecule has 0 radical (unpaired) electrons. The predicted octanol–water partition coefficient (Wildman–Crippen LogP) is 0.983. The van der Waals surface area contributed by atoms with Gasteiger partial charge in [-0.2, -0.15) is 0 Å². The van der Waals surface area contributed by atoms with Crippen molar-refractivity contribution in [2.75, 3.05) is 6.61 Å². The lowest BCUT2D eigenvalue weighted by atomic mass is 10.4. The second kappa shape index (κ2) is 3.75. The molecular formula is C6H9NO2S. The minimum Gasteiger partial charge on any atom is -0.301 e. The molecule has 0 amide bonds. The summed E-state index contributed by atoms with van der Waals surface area (Å²) in [5.74, 6) is 0. The van der Waals surface area contributed by atoms with Crippen molar-refractivity contribution in [3.8, 4) is 0 Å². The lowest BCUT2D eigenvalue weighted by Gasteiger charge is -2.15. The molecule has 1 atom stereocenters. The molecule has 0 aromatic rings. The van der Waals surface area contributed by atoms with Gasteiger partial charge in [-0.05, 0) is 30.4 Å². The summed E-state index contributed by atoms with van der Waals surface area (Å²) < 4.78 is 1.58. The van der Waals surface area contributed by atoms with Gasteiger partial charge in [0.2, 0.25) is 0 Å². The number of carbonyl (C=O) groups excluding carboxylic acids is 1. The summed E-state index contributed by atoms with van der Waals surface area (Å²) in [5, 5.41) is 1.84. The highest BCUT2D eigenvalue weighted by Crippen LogP contribution is 2.22. The van der Waals surface area contributed by atoms with Crippen molar-refractivity contribution >= 4 is 18.2 Å². The van der Waals surface area contributed by atoms with Crippen molar-refractivity contribution < 1.29 is 9.63 Å². The van der Waals surface area contributed by atoms with Crippen LogP contribution < -0.4 is 0 Å². The first kappa shape index (κ1) is 7.78. The Labute approximate surface area is 64.1 Å². The van der Waals surface area contributed by atoms with E-state index in [9.17, 15) is 4.79 Å². The molecule has 0 saturated heterocycles. The molecule has 0 fully saturated rings. The standard InChI is InChI=1S/C6H9NO2S/c1-2-9-7-6(5-8)3-4-10-7/h3-6H,2H2,1H3. The molecule has 4 heteroatoms. The summed E-state index contributed by atoms with van der Waals surface area (Å²) in [4.78, 5) is 15.4. The largest absolute Gasteiger partial charge is 0.301 e. The number of rotatable bonds is 3. The zero-order chi connectivity index (χ0) is 7.40. The zero-order valence-corrected chi connectivity index (χ0v) is 6.50. The predicted molar refractivity (Wildman–Crippen MR) is 40.0 cm³/mol. The van der Waals surface area contributed by atoms with Gasteiger partial charge in [0, 0.05) is 0 Å². The molecule has 0 N–H and O–H groups in total. The average molecular weight is 159 g/mol. The molecule has 56 valence electrons. The maximum Gasteiger partial charge on any atom is 0.144 e. The van der Waals surface area contributed by atoms with Gasteiger partial charge >= 0.3 is 0 Å². The van der Waals surface area contributed by atoms with Crippen molar-refractivity contribution in [3.05, 3.63) is 11.5 Å². The molecule has 1 aliphatic rings. The first-order valence-electron chi connectivity index (χ1n) is 3.09. The third-order valence-electron chi connectivity index (χ3n) is 1.08. The van der Waals surface area contributed by atoms with E-state index in [1.165, 1.54) is 11.9 Å². The van der Waals surface area contributed by atoms with Gasteiger partial charge in [-0.25, -0.2) is 0 Å². The SMILES string of the molecule is CCON1SC=CC1C=O. The van der Waals surface area contributed by atoms with Crippen LogP contribution in [0.5, 0.6) is 0 Å². The van der Waals surface area contributed by atoms with Crippen LogP contribution in [0.1, 0.15) is 6.92 Å². The molecule has 0 aromatic carbocycles. The number of carbonyl (C=O) groups is 1. The quantitative estimate of drug-likeness (QED) is 0.453. The van der Waals surface area contributed by atoms with Crippen LogP contribution in [-0.2, 0) is 9.63 Å². The highest BCUT2D eigenvalue weighted by Gasteiger charge is 2.19. The Morgan fingerprint density at radius 1 is 1.90 bits per heavy atom. The minimum atomic E-state index is -0.204. The Balaban J connectivity index is 2.39. The molecule has 0 aliphatic carbocycles. The normalized spacial score (nSPS) is 25.5. The summed E-state index contributed by atoms with van der Waals surface area (Å²) >= 11 is 1.40. The third-order valence-corrected chi connectivity index (χ3v) is 1.92. The molecule has 0 bridgehead atoms. The maximum absolute atomic E-state index is 10.3. The number of hydroxylamine groups is 1. The Hall–Kier alpha value is -0.320. The van der Waals surface area contributed by atoms with Crippen LogP contribution >= 0.6 is 11.9 Å². The Morgan fingerprint density at radius 2 is 2.70 bits per heavy atom. The maximum atomic E-state index is 10.3. The molecule has 1 heterocycles. The van der Waals surface area contributed by atoms with Gasteiger partial charge in [0.05, 0.1) is 6.61 Å². The monoisotopic (exact) mass is 159 g/mol. The van der Waals surface area contributed by atoms with Crippen LogP contribution in [0, 0.1) is 0 Å². The third kappa shape index (κ3) is 1.59. The summed E-state index contributed by atoms with van der Waals surface area (Å²) in [6.07, 6.45) is 2.65. The molecule has 1 unspecified atom stereocenters. The van der Waals surface area contributed by atoms with Gasteiger partial charge in [-0.15, -0.1) is 4.47 Å². The van der Waals surface area contributed by atoms with Crippen molar-refractivity contribution in [2.24, 2.45) is 0 Å². The fourth-order valence-corrected chi connectivity index (χ4v) is 1.43. The summed E-state index contributed by atoms with van der Waals surface area (Å²) in [6.45, 7) is 2.49. The van der Waals surface area contributed by atoms with Crippen LogP contribution in [0.25, 0.3) is 0 Å². The van der Waals surface area contributed by atoms with Crippen LogP contribution in [-0.4, -0.2) is 23.4 Å². The number of hydrogen-bond acceptors (Lipinski definition) is 4. The van der Waals surface area contributed by atoms with E-state index < -0.39 is 0 Å². The lowest BCUT2D eigenvalue weighted by Crippen LogP contribution is -2.25. The van der Waals surface area contributed by atoms with Crippen LogP contribution in [0.3, 0.4) is 0 Å². The molecule has 0 saturated carbocycles. The summed E-state index contributed by atoms with van der Waals surface area (Å²) in [7, 11) is 0. The Bertz CT molecular complexity index is 149. The zero-order valence-electron chi connectivity index (χ0n) is 5.69. The second-order valence-electron chi connectivity index (χ2n) is 1.76. The first-order valence-corrected chi connectivity index (χ1v) is 3.93. The number of hydrogen-bond donors (Lipinski definition) is 0. The smallest absolute Gasteiger partial charge is 0.144 e. The molecule has 1 rings (SSSR count). The highest BCUT2D eigenvalue weighted by atomic mass is 32.2. The van der Waals surface area contributed by atoms with Gasteiger partial charge < -0.3 is 4.79 Å². The first-order chi connectivity index (χ1) is 4.88. The fourth-order valence-electron chi connectivity index (χ4n) is 0.655. The highest BCUT2D eigenvalue weighted by molar-refractivity contribution is 8.00. The van der Waals surface area contributed by atoms with E-state index in [0.29, 0.717) is 6.61 Å². The number of nitrogens with zero attached hydrogens (tertiary/aromatic N) is 1. The topological polar surface area (TPSA) is 29.5 Å². The van der Waals surface area contributed by atoms with E-state index in [4.69, 9.17) is 4.84 Å². The van der Waals surface area contributed by atoms with Crippen LogP contribution in [0.2, 0.25) is 0 Å². The molecule has 10 heavy (non-hydrogen) atoms. The molecular weight excluding hydrogens is 150 g/mol. The van der Waals surface area contributed by atoms with Gasteiger partial charge in [0.15, 0.2) is 0 Å². The second-order valence-corrected chi connectivity index (χ2v) is 2.61. The van der Waals surface area contributed by atoms with Crippen molar-refractivity contribution in [1.82, 2.24) is 4.47 Å². The molecule has 3 nitrogen and oxygen atoms in total. The molecule has 0 spiro atoms. The van der Waals surface area contributed by atoms with Crippen molar-refractivity contribution in [2.45, 2.75) is 13.0 Å². The van der Waals surface area contributed by atoms with E-state index in [1.54, 1.807) is 10.5 Å².